The van der Waals surface area contributed by atoms with Gasteiger partial charge in [-0.05, 0) is 67.4 Å². The van der Waals surface area contributed by atoms with Crippen molar-refractivity contribution in [3.05, 3.63) is 125 Å². The van der Waals surface area contributed by atoms with Gasteiger partial charge in [-0.1, -0.05) is 54.1 Å². The SMILES string of the molecule is COc1cccc(C(=O)[C@@H]2[C@H](C(=O)c3ccccn3)[C@]3(C(=O)Nc4ccccc43)[C@H]3C=C(C)c4cc(C)ccc4N23)c1. The van der Waals surface area contributed by atoms with Crippen LogP contribution in [-0.2, 0) is 10.2 Å². The lowest BCUT2D eigenvalue weighted by Crippen LogP contribution is -2.51. The molecule has 0 aliphatic carbocycles. The highest BCUT2D eigenvalue weighted by Crippen LogP contribution is 2.58. The Morgan fingerprint density at radius 3 is 2.52 bits per heavy atom. The zero-order valence-electron chi connectivity index (χ0n) is 23.5. The molecular weight excluding hydrogens is 526 g/mol. The number of aromatic nitrogens is 1. The molecule has 4 heterocycles. The van der Waals surface area contributed by atoms with Crippen molar-refractivity contribution in [3.63, 3.8) is 0 Å². The molecule has 42 heavy (non-hydrogen) atoms. The van der Waals surface area contributed by atoms with Crippen molar-refractivity contribution in [3.8, 4) is 5.75 Å². The van der Waals surface area contributed by atoms with Crippen LogP contribution in [0, 0.1) is 12.8 Å². The first-order valence-corrected chi connectivity index (χ1v) is 14.0. The number of pyridine rings is 1. The van der Waals surface area contributed by atoms with Crippen LogP contribution in [0.15, 0.2) is 97.2 Å². The fourth-order valence-electron chi connectivity index (χ4n) is 7.16. The number of hydrogen-bond donors (Lipinski definition) is 1. The zero-order chi connectivity index (χ0) is 29.2. The summed E-state index contributed by atoms with van der Waals surface area (Å²) in [5, 5.41) is 3.07. The Balaban J connectivity index is 1.56. The van der Waals surface area contributed by atoms with Gasteiger partial charge in [-0.2, -0.15) is 0 Å². The van der Waals surface area contributed by atoms with Crippen LogP contribution >= 0.6 is 0 Å². The number of aryl methyl sites for hydroxylation is 1. The predicted octanol–water partition coefficient (Wildman–Crippen LogP) is 5.64. The minimum absolute atomic E-state index is 0.215. The van der Waals surface area contributed by atoms with E-state index in [2.05, 4.69) is 22.4 Å². The standard InChI is InChI=1S/C35H29N3O4/c1-20-14-15-28-24(17-20)21(2)18-29-35(25-11-4-5-12-26(25)37-34(35)41)30(33(40)27-13-6-7-16-36-27)31(38(28)29)32(39)22-9-8-10-23(19-22)42-3/h4-19,29-31H,1-3H3,(H,37,41)/t29-,30-,31+,35-/m1/s1. The Hall–Kier alpha value is -5.04. The highest BCUT2D eigenvalue weighted by atomic mass is 16.5. The molecule has 0 unspecified atom stereocenters. The van der Waals surface area contributed by atoms with E-state index in [1.807, 2.05) is 55.1 Å². The molecule has 0 radical (unpaired) electrons. The number of fused-ring (bicyclic) bond motifs is 6. The Morgan fingerprint density at radius 1 is 0.929 bits per heavy atom. The Labute approximate surface area is 243 Å². The lowest BCUT2D eigenvalue weighted by atomic mass is 9.64. The van der Waals surface area contributed by atoms with E-state index in [0.29, 0.717) is 22.6 Å². The van der Waals surface area contributed by atoms with Crippen molar-refractivity contribution in [1.82, 2.24) is 4.98 Å². The molecule has 0 bridgehead atoms. The van der Waals surface area contributed by atoms with Crippen molar-refractivity contribution in [2.45, 2.75) is 31.3 Å². The van der Waals surface area contributed by atoms with Crippen molar-refractivity contribution in [1.29, 1.82) is 0 Å². The van der Waals surface area contributed by atoms with Gasteiger partial charge < -0.3 is 15.0 Å². The van der Waals surface area contributed by atoms with Gasteiger partial charge in [-0.15, -0.1) is 0 Å². The number of anilines is 2. The molecule has 3 aliphatic rings. The molecule has 208 valence electrons. The van der Waals surface area contributed by atoms with Gasteiger partial charge >= 0.3 is 0 Å². The molecule has 1 N–H and O–H groups in total. The summed E-state index contributed by atoms with van der Waals surface area (Å²) >= 11 is 0. The summed E-state index contributed by atoms with van der Waals surface area (Å²) in [5.74, 6) is -1.45. The highest BCUT2D eigenvalue weighted by molar-refractivity contribution is 6.18. The van der Waals surface area contributed by atoms with Gasteiger partial charge in [-0.3, -0.25) is 19.4 Å². The number of Topliss-reactive ketones (excluding diaryl/α,β-unsaturated/α-hetero) is 2. The smallest absolute Gasteiger partial charge is 0.238 e. The van der Waals surface area contributed by atoms with Crippen molar-refractivity contribution in [2.75, 3.05) is 17.3 Å². The minimum atomic E-state index is -1.38. The second kappa shape index (κ2) is 9.52. The molecule has 1 amide bonds. The van der Waals surface area contributed by atoms with Crippen LogP contribution in [0.4, 0.5) is 11.4 Å². The third-order valence-electron chi connectivity index (χ3n) is 8.95. The van der Waals surface area contributed by atoms with Crippen LogP contribution in [0.5, 0.6) is 5.75 Å². The summed E-state index contributed by atoms with van der Waals surface area (Å²) in [6.45, 7) is 4.05. The molecule has 7 nitrogen and oxygen atoms in total. The first kappa shape index (κ1) is 25.9. The van der Waals surface area contributed by atoms with Crippen LogP contribution in [-0.4, -0.2) is 41.7 Å². The van der Waals surface area contributed by atoms with Gasteiger partial charge in [0, 0.05) is 28.7 Å². The second-order valence-corrected chi connectivity index (χ2v) is 11.2. The number of amides is 1. The summed E-state index contributed by atoms with van der Waals surface area (Å²) < 4.78 is 5.44. The predicted molar refractivity (Wildman–Crippen MR) is 161 cm³/mol. The topological polar surface area (TPSA) is 88.6 Å². The quantitative estimate of drug-likeness (QED) is 0.321. The molecule has 1 fully saturated rings. The number of carbonyl (C=O) groups is 3. The van der Waals surface area contributed by atoms with Gasteiger partial charge in [0.05, 0.1) is 19.1 Å². The molecule has 7 rings (SSSR count). The number of para-hydroxylation sites is 1. The second-order valence-electron chi connectivity index (χ2n) is 11.2. The van der Waals surface area contributed by atoms with Crippen LogP contribution in [0.1, 0.15) is 44.5 Å². The number of ether oxygens (including phenoxy) is 1. The summed E-state index contributed by atoms with van der Waals surface area (Å²) in [7, 11) is 1.55. The Kier molecular flexibility index (Phi) is 5.87. The van der Waals surface area contributed by atoms with E-state index in [1.165, 1.54) is 0 Å². The van der Waals surface area contributed by atoms with Crippen LogP contribution < -0.4 is 15.0 Å². The fraction of sp³-hybridized carbons (Fsp3) is 0.200. The average Bonchev–Trinajstić information content (AvgIpc) is 3.49. The van der Waals surface area contributed by atoms with E-state index < -0.39 is 23.4 Å². The molecule has 4 aromatic rings. The third kappa shape index (κ3) is 3.52. The first-order chi connectivity index (χ1) is 20.4. The van der Waals surface area contributed by atoms with E-state index in [0.717, 1.165) is 22.4 Å². The lowest BCUT2D eigenvalue weighted by molar-refractivity contribution is -0.121. The molecule has 3 aliphatic heterocycles. The maximum Gasteiger partial charge on any atom is 0.238 e. The number of benzene rings is 3. The van der Waals surface area contributed by atoms with Gasteiger partial charge in [0.1, 0.15) is 22.9 Å². The number of nitrogens with zero attached hydrogens (tertiary/aromatic N) is 2. The number of rotatable bonds is 5. The molecule has 0 saturated carbocycles. The minimum Gasteiger partial charge on any atom is -0.497 e. The Morgan fingerprint density at radius 2 is 1.74 bits per heavy atom. The molecule has 1 aromatic heterocycles. The van der Waals surface area contributed by atoms with E-state index in [4.69, 9.17) is 4.74 Å². The van der Waals surface area contributed by atoms with Crippen molar-refractivity contribution in [2.24, 2.45) is 5.92 Å². The van der Waals surface area contributed by atoms with Crippen molar-refractivity contribution < 1.29 is 19.1 Å². The summed E-state index contributed by atoms with van der Waals surface area (Å²) in [4.78, 5) is 50.4. The largest absolute Gasteiger partial charge is 0.497 e. The molecule has 1 spiro atoms. The average molecular weight is 556 g/mol. The fourth-order valence-corrected chi connectivity index (χ4v) is 7.16. The van der Waals surface area contributed by atoms with Crippen LogP contribution in [0.2, 0.25) is 0 Å². The van der Waals surface area contributed by atoms with Gasteiger partial charge in [-0.25, -0.2) is 0 Å². The van der Waals surface area contributed by atoms with Gasteiger partial charge in [0.15, 0.2) is 11.6 Å². The summed E-state index contributed by atoms with van der Waals surface area (Å²) in [5.41, 5.74) is 4.46. The van der Waals surface area contributed by atoms with E-state index in [9.17, 15) is 14.4 Å². The van der Waals surface area contributed by atoms with Crippen molar-refractivity contribution >= 4 is 34.4 Å². The van der Waals surface area contributed by atoms with E-state index in [-0.39, 0.29) is 23.2 Å². The maximum atomic E-state index is 14.8. The number of methoxy groups -OCH3 is 1. The van der Waals surface area contributed by atoms with Gasteiger partial charge in [0.25, 0.3) is 0 Å². The third-order valence-corrected chi connectivity index (χ3v) is 8.95. The number of ketones is 2. The maximum absolute atomic E-state index is 14.8. The zero-order valence-corrected chi connectivity index (χ0v) is 23.5. The van der Waals surface area contributed by atoms with E-state index >= 15 is 0 Å². The highest BCUT2D eigenvalue weighted by Gasteiger charge is 2.70. The monoisotopic (exact) mass is 555 g/mol. The number of carbonyl (C=O) groups excluding carboxylic acids is 3. The normalized spacial score (nSPS) is 23.5. The van der Waals surface area contributed by atoms with Gasteiger partial charge in [0.2, 0.25) is 5.91 Å². The van der Waals surface area contributed by atoms with E-state index in [1.54, 1.807) is 55.8 Å². The first-order valence-electron chi connectivity index (χ1n) is 14.0. The van der Waals surface area contributed by atoms with Crippen LogP contribution in [0.25, 0.3) is 5.57 Å². The molecule has 1 saturated heterocycles. The molecule has 7 heteroatoms. The summed E-state index contributed by atoms with van der Waals surface area (Å²) in [6.07, 6.45) is 3.62. The van der Waals surface area contributed by atoms with Crippen LogP contribution in [0.3, 0.4) is 0 Å². The molecule has 3 aromatic carbocycles. The Bertz CT molecular complexity index is 1810. The number of hydrogen-bond acceptors (Lipinski definition) is 6. The molecule has 4 atom stereocenters. The summed E-state index contributed by atoms with van der Waals surface area (Å²) in [6, 6.07) is 24.1. The number of nitrogens with one attached hydrogen (secondary N) is 1. The lowest BCUT2D eigenvalue weighted by Gasteiger charge is -2.39. The number of allylic oxidation sites excluding steroid dienone is 1. The molecular formula is C35H29N3O4.